The van der Waals surface area contributed by atoms with Gasteiger partial charge in [0.1, 0.15) is 18.3 Å². The zero-order chi connectivity index (χ0) is 30.2. The van der Waals surface area contributed by atoms with Gasteiger partial charge in [0, 0.05) is 24.0 Å². The number of amides is 1. The molecule has 0 radical (unpaired) electrons. The zero-order valence-electron chi connectivity index (χ0n) is 25.0. The van der Waals surface area contributed by atoms with Gasteiger partial charge in [0.25, 0.3) is 0 Å². The van der Waals surface area contributed by atoms with E-state index in [1.807, 2.05) is 30.3 Å². The quantitative estimate of drug-likeness (QED) is 0.228. The summed E-state index contributed by atoms with van der Waals surface area (Å²) in [6.07, 6.45) is 0.128. The minimum atomic E-state index is -0.850. The molecule has 3 aliphatic heterocycles. The molecule has 236 valence electrons. The molecule has 1 saturated carbocycles. The van der Waals surface area contributed by atoms with Gasteiger partial charge in [-0.15, -0.1) is 0 Å². The Kier molecular flexibility index (Phi) is 9.01. The van der Waals surface area contributed by atoms with Gasteiger partial charge in [-0.3, -0.25) is 0 Å². The molecule has 1 aromatic heterocycles. The average molecular weight is 641 g/mol. The molecule has 2 bridgehead atoms. The average Bonchev–Trinajstić information content (AvgIpc) is 3.46. The molecular weight excluding hydrogens is 601 g/mol. The highest BCUT2D eigenvalue weighted by atomic mass is 32.2. The summed E-state index contributed by atoms with van der Waals surface area (Å²) in [5, 5.41) is 19.1. The van der Waals surface area contributed by atoms with Crippen molar-refractivity contribution in [2.45, 2.75) is 80.8 Å². The number of carbonyl (C=O) groups is 1. The Labute approximate surface area is 265 Å². The molecule has 7 atom stereocenters. The third-order valence-corrected chi connectivity index (χ3v) is 10.4. The van der Waals surface area contributed by atoms with E-state index in [2.05, 4.69) is 47.0 Å². The van der Waals surface area contributed by atoms with E-state index >= 15 is 0 Å². The lowest BCUT2D eigenvalue weighted by molar-refractivity contribution is -0.231. The number of aromatic nitrogens is 1. The minimum Gasteiger partial charge on any atom is -0.443 e. The van der Waals surface area contributed by atoms with E-state index in [0.717, 1.165) is 32.4 Å². The first-order chi connectivity index (χ1) is 21.4. The standard InChI is InChI=1S/C32H40N4O6S2/c1-18(2)14-36(44-21-10-11-23-27(13-21)43-31(34-23)33-20-8-9-20)15-25(37)24(12-19-6-4-3-5-7-19)35-32(38)42-28-22-16-39-30-29(22)41-26(28)17-40-30/h3-7,10-11,13,18,20,22,24-26,28-30,37H,8-9,12,14-17H2,1-2H3,(H,33,34)(H,35,38)/t22?,24-,25+,26?,28?,29?,30?/m0/s1. The number of alkyl carbamates (subject to hydrolysis) is 1. The summed E-state index contributed by atoms with van der Waals surface area (Å²) in [6, 6.07) is 16.2. The van der Waals surface area contributed by atoms with E-state index in [1.165, 1.54) is 12.8 Å². The maximum absolute atomic E-state index is 13.3. The molecule has 12 heteroatoms. The van der Waals surface area contributed by atoms with Crippen molar-refractivity contribution in [1.82, 2.24) is 14.6 Å². The molecule has 4 heterocycles. The molecule has 1 aliphatic carbocycles. The lowest BCUT2D eigenvalue weighted by Crippen LogP contribution is -2.50. The van der Waals surface area contributed by atoms with Crippen molar-refractivity contribution in [3.05, 3.63) is 54.1 Å². The zero-order valence-corrected chi connectivity index (χ0v) is 26.6. The van der Waals surface area contributed by atoms with Crippen molar-refractivity contribution in [2.75, 3.05) is 31.6 Å². The third kappa shape index (κ3) is 7.01. The predicted octanol–water partition coefficient (Wildman–Crippen LogP) is 4.67. The van der Waals surface area contributed by atoms with Crippen LogP contribution in [0.15, 0.2) is 53.4 Å². The van der Waals surface area contributed by atoms with E-state index in [-0.39, 0.29) is 24.4 Å². The third-order valence-electron chi connectivity index (χ3n) is 8.46. The first-order valence-electron chi connectivity index (χ1n) is 15.6. The Morgan fingerprint density at radius 3 is 2.77 bits per heavy atom. The molecule has 5 unspecified atom stereocenters. The van der Waals surface area contributed by atoms with Gasteiger partial charge < -0.3 is 34.7 Å². The van der Waals surface area contributed by atoms with Gasteiger partial charge in [0.15, 0.2) is 11.4 Å². The highest BCUT2D eigenvalue weighted by molar-refractivity contribution is 7.97. The van der Waals surface area contributed by atoms with Crippen LogP contribution in [0.3, 0.4) is 0 Å². The van der Waals surface area contributed by atoms with Crippen molar-refractivity contribution in [3.63, 3.8) is 0 Å². The Morgan fingerprint density at radius 1 is 1.16 bits per heavy atom. The maximum atomic E-state index is 13.3. The number of carbonyl (C=O) groups excluding carboxylic acids is 1. The first kappa shape index (κ1) is 30.2. The number of aliphatic hydroxyl groups is 1. The van der Waals surface area contributed by atoms with E-state index in [4.69, 9.17) is 23.9 Å². The van der Waals surface area contributed by atoms with Crippen molar-refractivity contribution in [3.8, 4) is 0 Å². The van der Waals surface area contributed by atoms with E-state index < -0.39 is 24.3 Å². The van der Waals surface area contributed by atoms with Crippen LogP contribution in [0.5, 0.6) is 0 Å². The van der Waals surface area contributed by atoms with Gasteiger partial charge in [-0.1, -0.05) is 55.5 Å². The molecule has 3 saturated heterocycles. The first-order valence-corrected chi connectivity index (χ1v) is 17.1. The SMILES string of the molecule is CC(C)CN(C[C@@H](O)[C@H](Cc1ccccc1)NC(=O)OC1C2COC3OCC1C3O2)Sc1ccc2nc(NC3CC3)sc2c1. The van der Waals surface area contributed by atoms with Gasteiger partial charge in [-0.05, 0) is 60.9 Å². The number of benzene rings is 2. The van der Waals surface area contributed by atoms with Crippen LogP contribution in [-0.4, -0.2) is 89.6 Å². The van der Waals surface area contributed by atoms with Gasteiger partial charge in [-0.25, -0.2) is 14.1 Å². The van der Waals surface area contributed by atoms with Gasteiger partial charge >= 0.3 is 6.09 Å². The Morgan fingerprint density at radius 2 is 1.98 bits per heavy atom. The predicted molar refractivity (Wildman–Crippen MR) is 170 cm³/mol. The molecule has 3 aromatic rings. The summed E-state index contributed by atoms with van der Waals surface area (Å²) < 4.78 is 26.7. The van der Waals surface area contributed by atoms with Crippen LogP contribution in [0, 0.1) is 11.8 Å². The van der Waals surface area contributed by atoms with Crippen molar-refractivity contribution >= 4 is 44.7 Å². The second-order valence-corrected chi connectivity index (χ2v) is 14.8. The molecule has 4 aliphatic rings. The number of thiazole rings is 1. The summed E-state index contributed by atoms with van der Waals surface area (Å²) in [7, 11) is 0. The van der Waals surface area contributed by atoms with Crippen LogP contribution in [0.2, 0.25) is 0 Å². The smallest absolute Gasteiger partial charge is 0.407 e. The van der Waals surface area contributed by atoms with Crippen LogP contribution in [-0.2, 0) is 25.4 Å². The van der Waals surface area contributed by atoms with Crippen molar-refractivity contribution < 1.29 is 28.8 Å². The van der Waals surface area contributed by atoms with Crippen LogP contribution in [0.25, 0.3) is 10.2 Å². The number of ether oxygens (including phenoxy) is 4. The Hall–Kier alpha value is -2.45. The summed E-state index contributed by atoms with van der Waals surface area (Å²) in [5.74, 6) is 0.327. The molecule has 44 heavy (non-hydrogen) atoms. The molecule has 10 nitrogen and oxygen atoms in total. The van der Waals surface area contributed by atoms with Crippen molar-refractivity contribution in [2.24, 2.45) is 11.8 Å². The summed E-state index contributed by atoms with van der Waals surface area (Å²) >= 11 is 3.31. The molecule has 4 fully saturated rings. The van der Waals surface area contributed by atoms with Gasteiger partial charge in [0.05, 0.1) is 41.5 Å². The van der Waals surface area contributed by atoms with Gasteiger partial charge in [0.2, 0.25) is 0 Å². The van der Waals surface area contributed by atoms with Crippen LogP contribution in [0.4, 0.5) is 9.93 Å². The van der Waals surface area contributed by atoms with E-state index in [9.17, 15) is 9.90 Å². The second kappa shape index (κ2) is 13.1. The molecule has 2 aromatic carbocycles. The fourth-order valence-electron chi connectivity index (χ4n) is 6.16. The fraction of sp³-hybridized carbons (Fsp3) is 0.562. The molecular formula is C32H40N4O6S2. The second-order valence-electron chi connectivity index (χ2n) is 12.6. The largest absolute Gasteiger partial charge is 0.443 e. The molecule has 7 rings (SSSR count). The number of aliphatic hydroxyl groups excluding tert-OH is 1. The molecule has 0 spiro atoms. The minimum absolute atomic E-state index is 0.0508. The van der Waals surface area contributed by atoms with E-state index in [1.54, 1.807) is 23.3 Å². The lowest BCUT2D eigenvalue weighted by Gasteiger charge is -2.31. The normalized spacial score (nSPS) is 27.2. The number of anilines is 1. The lowest BCUT2D eigenvalue weighted by atomic mass is 9.99. The number of hydrogen-bond donors (Lipinski definition) is 3. The van der Waals surface area contributed by atoms with Crippen LogP contribution in [0.1, 0.15) is 32.3 Å². The van der Waals surface area contributed by atoms with Gasteiger partial charge in [-0.2, -0.15) is 0 Å². The highest BCUT2D eigenvalue weighted by Gasteiger charge is 2.58. The monoisotopic (exact) mass is 640 g/mol. The highest BCUT2D eigenvalue weighted by Crippen LogP contribution is 2.41. The van der Waals surface area contributed by atoms with Crippen molar-refractivity contribution in [1.29, 1.82) is 0 Å². The fourth-order valence-corrected chi connectivity index (χ4v) is 8.41. The summed E-state index contributed by atoms with van der Waals surface area (Å²) in [6.45, 7) is 6.23. The number of fused-ring (bicyclic) bond motifs is 2. The maximum Gasteiger partial charge on any atom is 0.407 e. The number of rotatable bonds is 13. The van der Waals surface area contributed by atoms with Crippen LogP contribution >= 0.6 is 23.3 Å². The van der Waals surface area contributed by atoms with E-state index in [0.29, 0.717) is 38.1 Å². The number of hydrogen-bond acceptors (Lipinski definition) is 11. The molecule has 1 amide bonds. The summed E-state index contributed by atoms with van der Waals surface area (Å²) in [5.41, 5.74) is 2.01. The Bertz CT molecular complexity index is 1440. The Balaban J connectivity index is 1.04. The number of nitrogens with zero attached hydrogens (tertiary/aromatic N) is 2. The number of nitrogens with one attached hydrogen (secondary N) is 2. The van der Waals surface area contributed by atoms with Crippen LogP contribution < -0.4 is 10.6 Å². The molecule has 3 N–H and O–H groups in total. The topological polar surface area (TPSA) is 114 Å². The summed E-state index contributed by atoms with van der Waals surface area (Å²) in [4.78, 5) is 19.1.